The Balaban J connectivity index is 1.98. The van der Waals surface area contributed by atoms with Crippen LogP contribution in [0.25, 0.3) is 0 Å². The molecule has 0 N–H and O–H groups in total. The molecule has 11 heavy (non-hydrogen) atoms. The molecule has 0 bridgehead atoms. The summed E-state index contributed by atoms with van der Waals surface area (Å²) in [5.41, 5.74) is 0.611. The van der Waals surface area contributed by atoms with Crippen LogP contribution in [-0.4, -0.2) is 24.3 Å². The second-order valence-electron chi connectivity index (χ2n) is 3.37. The van der Waals surface area contributed by atoms with Gasteiger partial charge in [0.25, 0.3) is 0 Å². The zero-order valence-corrected chi connectivity index (χ0v) is 5.95. The molecule has 0 spiro atoms. The van der Waals surface area contributed by atoms with Gasteiger partial charge < -0.3 is 9.47 Å². The van der Waals surface area contributed by atoms with Gasteiger partial charge >= 0.3 is 5.97 Å². The highest BCUT2D eigenvalue weighted by atomic mass is 16.6. The van der Waals surface area contributed by atoms with Crippen LogP contribution in [0.5, 0.6) is 0 Å². The van der Waals surface area contributed by atoms with E-state index in [0.29, 0.717) is 11.7 Å². The lowest BCUT2D eigenvalue weighted by atomic mass is 9.99. The highest BCUT2D eigenvalue weighted by Crippen LogP contribution is 2.50. The van der Waals surface area contributed by atoms with Crippen molar-refractivity contribution in [1.82, 2.24) is 0 Å². The number of hydrogen-bond donors (Lipinski definition) is 0. The van der Waals surface area contributed by atoms with Crippen LogP contribution in [0.15, 0.2) is 12.2 Å². The fourth-order valence-electron chi connectivity index (χ4n) is 2.14. The third-order valence-electron chi connectivity index (χ3n) is 2.76. The van der Waals surface area contributed by atoms with Gasteiger partial charge in [-0.3, -0.25) is 0 Å². The molecule has 58 valence electrons. The minimum Gasteiger partial charge on any atom is -0.458 e. The van der Waals surface area contributed by atoms with Crippen molar-refractivity contribution >= 4 is 5.97 Å². The van der Waals surface area contributed by atoms with Crippen molar-refractivity contribution in [2.75, 3.05) is 0 Å². The normalized spacial score (nSPS) is 52.0. The number of carbonyl (C=O) groups excluding carboxylic acids is 1. The molecule has 3 rings (SSSR count). The summed E-state index contributed by atoms with van der Waals surface area (Å²) in [6, 6.07) is 0. The van der Waals surface area contributed by atoms with Gasteiger partial charge in [0.2, 0.25) is 0 Å². The van der Waals surface area contributed by atoms with E-state index in [1.165, 1.54) is 0 Å². The van der Waals surface area contributed by atoms with E-state index >= 15 is 0 Å². The van der Waals surface area contributed by atoms with Crippen molar-refractivity contribution < 1.29 is 14.3 Å². The summed E-state index contributed by atoms with van der Waals surface area (Å²) in [7, 11) is 0. The molecule has 2 aliphatic heterocycles. The predicted molar refractivity (Wildman–Crippen MR) is 35.8 cm³/mol. The molecule has 0 aromatic carbocycles. The van der Waals surface area contributed by atoms with Gasteiger partial charge in [0.15, 0.2) is 0 Å². The van der Waals surface area contributed by atoms with Gasteiger partial charge in [0, 0.05) is 12.0 Å². The van der Waals surface area contributed by atoms with Crippen LogP contribution in [-0.2, 0) is 14.3 Å². The van der Waals surface area contributed by atoms with E-state index in [4.69, 9.17) is 9.47 Å². The lowest BCUT2D eigenvalue weighted by molar-refractivity contribution is -0.139. The highest BCUT2D eigenvalue weighted by Gasteiger charge is 2.61. The maximum absolute atomic E-state index is 11.0. The monoisotopic (exact) mass is 152 g/mol. The van der Waals surface area contributed by atoms with E-state index in [1.807, 2.05) is 0 Å². The molecule has 0 radical (unpaired) electrons. The Kier molecular flexibility index (Phi) is 0.790. The van der Waals surface area contributed by atoms with Crippen molar-refractivity contribution in [3.63, 3.8) is 0 Å². The molecule has 4 atom stereocenters. The van der Waals surface area contributed by atoms with Crippen LogP contribution in [0.1, 0.15) is 6.42 Å². The summed E-state index contributed by atoms with van der Waals surface area (Å²) < 4.78 is 10.4. The molecular weight excluding hydrogens is 144 g/mol. The molecule has 2 heterocycles. The molecule has 3 aliphatic rings. The predicted octanol–water partition coefficient (Wildman–Crippen LogP) is 0.255. The fourth-order valence-corrected chi connectivity index (χ4v) is 2.14. The minimum absolute atomic E-state index is 0.0822. The number of fused-ring (bicyclic) bond motifs is 3. The van der Waals surface area contributed by atoms with Gasteiger partial charge in [-0.15, -0.1) is 0 Å². The molecule has 0 amide bonds. The standard InChI is InChI=1S/C8H8O3/c1-3-6-4(11-8(3)9)2-5-7(6)10-5/h4-7H,1-2H2/t4-,5-,6-,7-/m0/s1. The lowest BCUT2D eigenvalue weighted by Gasteiger charge is -2.08. The quantitative estimate of drug-likeness (QED) is 0.284. The van der Waals surface area contributed by atoms with E-state index in [-0.39, 0.29) is 24.1 Å². The molecule has 3 fully saturated rings. The Morgan fingerprint density at radius 2 is 2.27 bits per heavy atom. The van der Waals surface area contributed by atoms with Gasteiger partial charge in [0.05, 0.1) is 18.1 Å². The smallest absolute Gasteiger partial charge is 0.334 e. The van der Waals surface area contributed by atoms with Crippen molar-refractivity contribution in [3.05, 3.63) is 12.2 Å². The first-order chi connectivity index (χ1) is 5.27. The fraction of sp³-hybridized carbons (Fsp3) is 0.625. The van der Waals surface area contributed by atoms with Gasteiger partial charge in [-0.05, 0) is 0 Å². The van der Waals surface area contributed by atoms with Gasteiger partial charge in [0.1, 0.15) is 6.10 Å². The maximum atomic E-state index is 11.0. The second-order valence-corrected chi connectivity index (χ2v) is 3.37. The Hall–Kier alpha value is -0.830. The van der Waals surface area contributed by atoms with Gasteiger partial charge in [-0.2, -0.15) is 0 Å². The summed E-state index contributed by atoms with van der Waals surface area (Å²) in [6.07, 6.45) is 1.56. The third kappa shape index (κ3) is 0.554. The maximum Gasteiger partial charge on any atom is 0.334 e. The number of rotatable bonds is 0. The van der Waals surface area contributed by atoms with Crippen LogP contribution in [0.4, 0.5) is 0 Å². The number of ether oxygens (including phenoxy) is 2. The largest absolute Gasteiger partial charge is 0.458 e. The van der Waals surface area contributed by atoms with E-state index in [2.05, 4.69) is 6.58 Å². The van der Waals surface area contributed by atoms with E-state index < -0.39 is 0 Å². The van der Waals surface area contributed by atoms with E-state index in [1.54, 1.807) is 0 Å². The first-order valence-corrected chi connectivity index (χ1v) is 3.82. The number of carbonyl (C=O) groups is 1. The summed E-state index contributed by atoms with van der Waals surface area (Å²) >= 11 is 0. The number of hydrogen-bond acceptors (Lipinski definition) is 3. The molecule has 0 unspecified atom stereocenters. The second kappa shape index (κ2) is 1.50. The average Bonchev–Trinajstić information content (AvgIpc) is 2.53. The summed E-state index contributed by atoms with van der Waals surface area (Å²) in [4.78, 5) is 11.0. The zero-order chi connectivity index (χ0) is 7.59. The Morgan fingerprint density at radius 3 is 3.00 bits per heavy atom. The van der Waals surface area contributed by atoms with Crippen LogP contribution in [0, 0.1) is 5.92 Å². The van der Waals surface area contributed by atoms with Crippen molar-refractivity contribution in [1.29, 1.82) is 0 Å². The van der Waals surface area contributed by atoms with Gasteiger partial charge in [-0.1, -0.05) is 6.58 Å². The Bertz CT molecular complexity index is 258. The Labute approximate surface area is 64.0 Å². The van der Waals surface area contributed by atoms with Crippen molar-refractivity contribution in [2.45, 2.75) is 24.7 Å². The first-order valence-electron chi connectivity index (χ1n) is 3.82. The molecule has 2 saturated heterocycles. The molecule has 0 aromatic rings. The minimum atomic E-state index is -0.228. The molecular formula is C8H8O3. The molecule has 1 saturated carbocycles. The van der Waals surface area contributed by atoms with Crippen LogP contribution in [0.2, 0.25) is 0 Å². The summed E-state index contributed by atoms with van der Waals surface area (Å²) in [5, 5.41) is 0. The topological polar surface area (TPSA) is 38.8 Å². The highest BCUT2D eigenvalue weighted by molar-refractivity contribution is 5.91. The van der Waals surface area contributed by atoms with Crippen molar-refractivity contribution in [3.8, 4) is 0 Å². The number of esters is 1. The van der Waals surface area contributed by atoms with Crippen LogP contribution < -0.4 is 0 Å². The van der Waals surface area contributed by atoms with Crippen molar-refractivity contribution in [2.24, 2.45) is 5.92 Å². The third-order valence-corrected chi connectivity index (χ3v) is 2.76. The van der Waals surface area contributed by atoms with Crippen LogP contribution in [0.3, 0.4) is 0 Å². The summed E-state index contributed by atoms with van der Waals surface area (Å²) in [5.74, 6) is -0.0542. The van der Waals surface area contributed by atoms with Crippen LogP contribution >= 0.6 is 0 Å². The first kappa shape index (κ1) is 5.77. The van der Waals surface area contributed by atoms with E-state index in [9.17, 15) is 4.79 Å². The molecule has 3 nitrogen and oxygen atoms in total. The van der Waals surface area contributed by atoms with E-state index in [0.717, 1.165) is 6.42 Å². The summed E-state index contributed by atoms with van der Waals surface area (Å²) in [6.45, 7) is 3.70. The molecule has 1 aliphatic carbocycles. The molecule has 3 heteroatoms. The SMILES string of the molecule is C=C1C(=O)O[C@H]2C[C@@H]3O[C@@H]3[C@@H]12. The average molecular weight is 152 g/mol. The lowest BCUT2D eigenvalue weighted by Crippen LogP contribution is -2.15. The Morgan fingerprint density at radius 1 is 1.45 bits per heavy atom. The number of epoxide rings is 1. The molecule has 0 aromatic heterocycles. The zero-order valence-electron chi connectivity index (χ0n) is 5.95. The van der Waals surface area contributed by atoms with Gasteiger partial charge in [-0.25, -0.2) is 4.79 Å².